The Bertz CT molecular complexity index is 650. The zero-order valence-electron chi connectivity index (χ0n) is 14.6. The van der Waals surface area contributed by atoms with Crippen molar-refractivity contribution in [1.29, 1.82) is 0 Å². The Kier molecular flexibility index (Phi) is 6.73. The van der Waals surface area contributed by atoms with Gasteiger partial charge in [-0.2, -0.15) is 8.78 Å². The first-order valence-electron chi connectivity index (χ1n) is 8.23. The second kappa shape index (κ2) is 8.79. The highest BCUT2D eigenvalue weighted by Crippen LogP contribution is 2.29. The Balaban J connectivity index is 1.97. The van der Waals surface area contributed by atoms with Gasteiger partial charge >= 0.3 is 12.6 Å². The fourth-order valence-electron chi connectivity index (χ4n) is 2.95. The summed E-state index contributed by atoms with van der Waals surface area (Å²) in [6.07, 6.45) is 1.21. The standard InChI is InChI=1S/C17H22F2N2O5/c1-3-21(9-15(22)23)11-6-10(7-11)20-16(24)13-5-4-12(25-2)8-14(13)26-17(18)19/h4-5,8,10-11,17H,3,6-7,9H2,1-2H3,(H,20,24)(H,22,23). The minimum absolute atomic E-state index is 0.00701. The summed E-state index contributed by atoms with van der Waals surface area (Å²) in [5.74, 6) is -1.37. The van der Waals surface area contributed by atoms with Gasteiger partial charge < -0.3 is 19.9 Å². The fourth-order valence-corrected chi connectivity index (χ4v) is 2.95. The Morgan fingerprint density at radius 2 is 2.08 bits per heavy atom. The number of benzene rings is 1. The SMILES string of the molecule is CCN(CC(=O)O)C1CC(NC(=O)c2ccc(OC)cc2OC(F)F)C1. The molecule has 1 aliphatic carbocycles. The van der Waals surface area contributed by atoms with Crippen LogP contribution >= 0.6 is 0 Å². The maximum absolute atomic E-state index is 12.6. The highest BCUT2D eigenvalue weighted by atomic mass is 19.3. The van der Waals surface area contributed by atoms with Gasteiger partial charge in [-0.3, -0.25) is 14.5 Å². The van der Waals surface area contributed by atoms with Gasteiger partial charge in [0, 0.05) is 18.2 Å². The Hall–Kier alpha value is -2.42. The van der Waals surface area contributed by atoms with Gasteiger partial charge in [-0.05, 0) is 31.5 Å². The molecule has 1 aromatic carbocycles. The van der Waals surface area contributed by atoms with Gasteiger partial charge in [0.25, 0.3) is 5.91 Å². The van der Waals surface area contributed by atoms with Crippen molar-refractivity contribution in [2.24, 2.45) is 0 Å². The summed E-state index contributed by atoms with van der Waals surface area (Å²) < 4.78 is 34.5. The summed E-state index contributed by atoms with van der Waals surface area (Å²) in [4.78, 5) is 25.1. The van der Waals surface area contributed by atoms with Crippen LogP contribution in [0, 0.1) is 0 Å². The minimum Gasteiger partial charge on any atom is -0.497 e. The van der Waals surface area contributed by atoms with Gasteiger partial charge in [0.2, 0.25) is 0 Å². The predicted molar refractivity (Wildman–Crippen MR) is 88.8 cm³/mol. The number of hydrogen-bond acceptors (Lipinski definition) is 5. The highest BCUT2D eigenvalue weighted by Gasteiger charge is 2.35. The van der Waals surface area contributed by atoms with Crippen molar-refractivity contribution in [2.45, 2.75) is 38.5 Å². The van der Waals surface area contributed by atoms with Crippen LogP contribution in [0.3, 0.4) is 0 Å². The zero-order chi connectivity index (χ0) is 19.3. The molecule has 1 saturated carbocycles. The van der Waals surface area contributed by atoms with Crippen molar-refractivity contribution in [3.63, 3.8) is 0 Å². The van der Waals surface area contributed by atoms with Crippen molar-refractivity contribution >= 4 is 11.9 Å². The lowest BCUT2D eigenvalue weighted by Gasteiger charge is -2.42. The van der Waals surface area contributed by atoms with Crippen LogP contribution in [-0.4, -0.2) is 60.8 Å². The van der Waals surface area contributed by atoms with Crippen LogP contribution in [0.5, 0.6) is 11.5 Å². The quantitative estimate of drug-likeness (QED) is 0.689. The van der Waals surface area contributed by atoms with E-state index in [4.69, 9.17) is 9.84 Å². The van der Waals surface area contributed by atoms with Gasteiger partial charge in [-0.25, -0.2) is 0 Å². The Labute approximate surface area is 149 Å². The van der Waals surface area contributed by atoms with E-state index in [0.717, 1.165) is 0 Å². The molecule has 1 aliphatic rings. The van der Waals surface area contributed by atoms with E-state index in [1.54, 1.807) is 0 Å². The van der Waals surface area contributed by atoms with Crippen LogP contribution in [0.15, 0.2) is 18.2 Å². The topological polar surface area (TPSA) is 88.1 Å². The summed E-state index contributed by atoms with van der Waals surface area (Å²) in [6.45, 7) is -0.633. The lowest BCUT2D eigenvalue weighted by Crippen LogP contribution is -2.54. The molecule has 26 heavy (non-hydrogen) atoms. The number of alkyl halides is 2. The Morgan fingerprint density at radius 3 is 2.62 bits per heavy atom. The van der Waals surface area contributed by atoms with Crippen LogP contribution in [-0.2, 0) is 4.79 Å². The van der Waals surface area contributed by atoms with Gasteiger partial charge in [-0.1, -0.05) is 6.92 Å². The van der Waals surface area contributed by atoms with Crippen LogP contribution in [0.25, 0.3) is 0 Å². The smallest absolute Gasteiger partial charge is 0.387 e. The highest BCUT2D eigenvalue weighted by molar-refractivity contribution is 5.97. The van der Waals surface area contributed by atoms with Gasteiger partial charge in [0.15, 0.2) is 0 Å². The molecule has 0 spiro atoms. The zero-order valence-corrected chi connectivity index (χ0v) is 14.6. The van der Waals surface area contributed by atoms with Crippen LogP contribution in [0.4, 0.5) is 8.78 Å². The lowest BCUT2D eigenvalue weighted by molar-refractivity contribution is -0.139. The molecule has 1 aromatic rings. The molecular formula is C17H22F2N2O5. The summed E-state index contributed by atoms with van der Waals surface area (Å²) >= 11 is 0. The number of rotatable bonds is 9. The molecule has 0 saturated heterocycles. The summed E-state index contributed by atoms with van der Waals surface area (Å²) in [6, 6.07) is 4.02. The predicted octanol–water partition coefficient (Wildman–Crippen LogP) is 1.96. The van der Waals surface area contributed by atoms with Crippen molar-refractivity contribution < 1.29 is 33.0 Å². The minimum atomic E-state index is -3.06. The maximum atomic E-state index is 12.6. The number of likely N-dealkylation sites (N-methyl/N-ethyl adjacent to an activating group) is 1. The van der Waals surface area contributed by atoms with Crippen LogP contribution in [0.1, 0.15) is 30.1 Å². The second-order valence-corrected chi connectivity index (χ2v) is 5.99. The van der Waals surface area contributed by atoms with E-state index in [1.807, 2.05) is 11.8 Å². The number of amides is 1. The number of carbonyl (C=O) groups excluding carboxylic acids is 1. The normalized spacial score (nSPS) is 19.2. The van der Waals surface area contributed by atoms with Crippen LogP contribution < -0.4 is 14.8 Å². The number of carboxylic acids is 1. The monoisotopic (exact) mass is 372 g/mol. The molecule has 1 fully saturated rings. The molecule has 0 aromatic heterocycles. The average molecular weight is 372 g/mol. The molecule has 2 N–H and O–H groups in total. The van der Waals surface area contributed by atoms with Gasteiger partial charge in [0.1, 0.15) is 11.5 Å². The second-order valence-electron chi connectivity index (χ2n) is 5.99. The first kappa shape index (κ1) is 19.9. The molecule has 0 radical (unpaired) electrons. The molecular weight excluding hydrogens is 350 g/mol. The number of nitrogens with one attached hydrogen (secondary N) is 1. The Morgan fingerprint density at radius 1 is 1.38 bits per heavy atom. The van der Waals surface area contributed by atoms with E-state index < -0.39 is 18.5 Å². The summed E-state index contributed by atoms with van der Waals surface area (Å²) in [5, 5.41) is 11.7. The van der Waals surface area contributed by atoms with E-state index in [-0.39, 0.29) is 29.9 Å². The summed E-state index contributed by atoms with van der Waals surface area (Å²) in [5.41, 5.74) is -0.00701. The van der Waals surface area contributed by atoms with Gasteiger partial charge in [-0.15, -0.1) is 0 Å². The molecule has 0 atom stereocenters. The molecule has 0 aliphatic heterocycles. The molecule has 1 amide bonds. The third kappa shape index (κ3) is 5.04. The third-order valence-corrected chi connectivity index (χ3v) is 4.36. The number of carbonyl (C=O) groups is 2. The number of carboxylic acid groups (broad SMARTS) is 1. The first-order valence-corrected chi connectivity index (χ1v) is 8.23. The number of aliphatic carboxylic acids is 1. The van der Waals surface area contributed by atoms with E-state index in [2.05, 4.69) is 10.1 Å². The number of ether oxygens (including phenoxy) is 2. The molecule has 144 valence electrons. The third-order valence-electron chi connectivity index (χ3n) is 4.36. The van der Waals surface area contributed by atoms with Crippen molar-refractivity contribution in [1.82, 2.24) is 10.2 Å². The van der Waals surface area contributed by atoms with E-state index in [0.29, 0.717) is 25.1 Å². The lowest BCUT2D eigenvalue weighted by atomic mass is 9.85. The van der Waals surface area contributed by atoms with Gasteiger partial charge in [0.05, 0.1) is 19.2 Å². The van der Waals surface area contributed by atoms with Crippen molar-refractivity contribution in [3.05, 3.63) is 23.8 Å². The number of halogens is 2. The van der Waals surface area contributed by atoms with Crippen LogP contribution in [0.2, 0.25) is 0 Å². The molecule has 0 unspecified atom stereocenters. The molecule has 0 heterocycles. The molecule has 0 bridgehead atoms. The largest absolute Gasteiger partial charge is 0.497 e. The maximum Gasteiger partial charge on any atom is 0.387 e. The van der Waals surface area contributed by atoms with E-state index >= 15 is 0 Å². The van der Waals surface area contributed by atoms with Crippen molar-refractivity contribution in [2.75, 3.05) is 20.2 Å². The molecule has 9 heteroatoms. The number of nitrogens with zero attached hydrogens (tertiary/aromatic N) is 1. The summed E-state index contributed by atoms with van der Waals surface area (Å²) in [7, 11) is 1.38. The number of methoxy groups -OCH3 is 1. The van der Waals surface area contributed by atoms with E-state index in [9.17, 15) is 18.4 Å². The molecule has 2 rings (SSSR count). The average Bonchev–Trinajstić information content (AvgIpc) is 2.54. The fraction of sp³-hybridized carbons (Fsp3) is 0.529. The molecule has 7 nitrogen and oxygen atoms in total. The van der Waals surface area contributed by atoms with Crippen molar-refractivity contribution in [3.8, 4) is 11.5 Å². The number of hydrogen-bond donors (Lipinski definition) is 2. The van der Waals surface area contributed by atoms with E-state index in [1.165, 1.54) is 25.3 Å². The first-order chi connectivity index (χ1) is 12.3.